The van der Waals surface area contributed by atoms with Gasteiger partial charge in [-0.15, -0.1) is 0 Å². The second-order valence-corrected chi connectivity index (χ2v) is 7.41. The van der Waals surface area contributed by atoms with Gasteiger partial charge in [0.25, 0.3) is 0 Å². The van der Waals surface area contributed by atoms with Gasteiger partial charge in [0.2, 0.25) is 17.8 Å². The normalized spacial score (nSPS) is 20.9. The van der Waals surface area contributed by atoms with Crippen molar-refractivity contribution in [2.24, 2.45) is 10.9 Å². The molecule has 1 aromatic carbocycles. The van der Waals surface area contributed by atoms with Crippen LogP contribution in [0.1, 0.15) is 18.5 Å². The average Bonchev–Trinajstić information content (AvgIpc) is 2.84. The van der Waals surface area contributed by atoms with Gasteiger partial charge in [-0.3, -0.25) is 14.9 Å². The molecular weight excluding hydrogens is 412 g/mol. The molecule has 3 heterocycles. The van der Waals surface area contributed by atoms with E-state index in [9.17, 15) is 9.59 Å². The van der Waals surface area contributed by atoms with Gasteiger partial charge in [-0.25, -0.2) is 15.0 Å². The molecule has 0 radical (unpaired) electrons. The number of methoxy groups -OCH3 is 1. The Hall–Kier alpha value is -3.69. The van der Waals surface area contributed by atoms with Crippen LogP contribution in [-0.2, 0) is 14.3 Å². The SMILES string of the molecule is CCOC(=O)C1C(=O)NC(N2CCN(c3ncccn3)CC2)=NC1c1ccc(OC)cc1. The van der Waals surface area contributed by atoms with Crippen LogP contribution in [0.3, 0.4) is 0 Å². The monoisotopic (exact) mass is 438 g/mol. The standard InChI is InChI=1S/C22H26N6O4/c1-3-32-20(30)17-18(15-5-7-16(31-2)8-6-15)25-22(26-19(17)29)28-13-11-27(12-14-28)21-23-9-4-10-24-21/h4-10,17-18H,3,11-14H2,1-2H3,(H,25,26,29). The molecule has 1 aromatic heterocycles. The zero-order valence-electron chi connectivity index (χ0n) is 18.1. The van der Waals surface area contributed by atoms with E-state index >= 15 is 0 Å². The predicted octanol–water partition coefficient (Wildman–Crippen LogP) is 1.01. The highest BCUT2D eigenvalue weighted by molar-refractivity contribution is 6.08. The maximum absolute atomic E-state index is 13.0. The maximum atomic E-state index is 13.0. The molecule has 2 unspecified atom stereocenters. The molecule has 0 saturated carbocycles. The first-order valence-electron chi connectivity index (χ1n) is 10.6. The number of anilines is 1. The number of piperazine rings is 1. The minimum Gasteiger partial charge on any atom is -0.497 e. The van der Waals surface area contributed by atoms with Crippen molar-refractivity contribution in [3.63, 3.8) is 0 Å². The first-order chi connectivity index (χ1) is 15.6. The number of hydrogen-bond acceptors (Lipinski definition) is 9. The first-order valence-corrected chi connectivity index (χ1v) is 10.6. The van der Waals surface area contributed by atoms with Gasteiger partial charge in [-0.2, -0.15) is 0 Å². The van der Waals surface area contributed by atoms with E-state index in [4.69, 9.17) is 14.5 Å². The molecule has 168 valence electrons. The Kier molecular flexibility index (Phi) is 6.48. The molecule has 1 fully saturated rings. The number of guanidine groups is 1. The molecule has 2 aliphatic rings. The average molecular weight is 438 g/mol. The fourth-order valence-electron chi connectivity index (χ4n) is 3.84. The maximum Gasteiger partial charge on any atom is 0.321 e. The van der Waals surface area contributed by atoms with Crippen molar-refractivity contribution in [1.82, 2.24) is 20.2 Å². The van der Waals surface area contributed by atoms with E-state index in [0.717, 1.165) is 5.56 Å². The van der Waals surface area contributed by atoms with E-state index in [2.05, 4.69) is 20.2 Å². The third-order valence-electron chi connectivity index (χ3n) is 5.51. The van der Waals surface area contributed by atoms with E-state index in [1.807, 2.05) is 17.0 Å². The highest BCUT2D eigenvalue weighted by Gasteiger charge is 2.42. The Morgan fingerprint density at radius 2 is 1.75 bits per heavy atom. The second kappa shape index (κ2) is 9.63. The van der Waals surface area contributed by atoms with Crippen LogP contribution in [0.4, 0.5) is 5.95 Å². The lowest BCUT2D eigenvalue weighted by atomic mass is 9.91. The van der Waals surface area contributed by atoms with Crippen molar-refractivity contribution in [2.75, 3.05) is 44.8 Å². The van der Waals surface area contributed by atoms with Gasteiger partial charge in [0.05, 0.1) is 13.7 Å². The first kappa shape index (κ1) is 21.5. The summed E-state index contributed by atoms with van der Waals surface area (Å²) < 4.78 is 10.4. The third-order valence-corrected chi connectivity index (χ3v) is 5.51. The molecule has 1 saturated heterocycles. The predicted molar refractivity (Wildman–Crippen MR) is 117 cm³/mol. The fourth-order valence-corrected chi connectivity index (χ4v) is 3.84. The highest BCUT2D eigenvalue weighted by Crippen LogP contribution is 2.32. The lowest BCUT2D eigenvalue weighted by Crippen LogP contribution is -2.57. The molecule has 10 nitrogen and oxygen atoms in total. The number of aromatic nitrogens is 2. The molecule has 2 aliphatic heterocycles. The molecule has 1 amide bonds. The Morgan fingerprint density at radius 1 is 1.09 bits per heavy atom. The molecule has 2 aromatic rings. The molecule has 0 aliphatic carbocycles. The summed E-state index contributed by atoms with van der Waals surface area (Å²) >= 11 is 0. The third kappa shape index (κ3) is 4.48. The van der Waals surface area contributed by atoms with Crippen LogP contribution < -0.4 is 15.0 Å². The van der Waals surface area contributed by atoms with E-state index in [1.165, 1.54) is 0 Å². The second-order valence-electron chi connectivity index (χ2n) is 7.41. The Balaban J connectivity index is 1.56. The van der Waals surface area contributed by atoms with E-state index in [-0.39, 0.29) is 6.61 Å². The van der Waals surface area contributed by atoms with Crippen LogP contribution in [0.15, 0.2) is 47.7 Å². The highest BCUT2D eigenvalue weighted by atomic mass is 16.5. The number of carbonyl (C=O) groups excluding carboxylic acids is 2. The summed E-state index contributed by atoms with van der Waals surface area (Å²) in [6, 6.07) is 8.32. The number of rotatable bonds is 5. The van der Waals surface area contributed by atoms with Gasteiger partial charge in [0.1, 0.15) is 11.8 Å². The molecule has 32 heavy (non-hydrogen) atoms. The molecule has 2 atom stereocenters. The summed E-state index contributed by atoms with van der Waals surface area (Å²) in [7, 11) is 1.58. The van der Waals surface area contributed by atoms with Crippen LogP contribution >= 0.6 is 0 Å². The molecular formula is C22H26N6O4. The van der Waals surface area contributed by atoms with E-state index in [1.54, 1.807) is 44.6 Å². The lowest BCUT2D eigenvalue weighted by Gasteiger charge is -2.38. The van der Waals surface area contributed by atoms with Crippen molar-refractivity contribution in [3.05, 3.63) is 48.3 Å². The van der Waals surface area contributed by atoms with Gasteiger partial charge >= 0.3 is 5.97 Å². The summed E-state index contributed by atoms with van der Waals surface area (Å²) in [5, 5.41) is 2.81. The van der Waals surface area contributed by atoms with Gasteiger partial charge < -0.3 is 19.3 Å². The van der Waals surface area contributed by atoms with Gasteiger partial charge in [-0.05, 0) is 30.7 Å². The summed E-state index contributed by atoms with van der Waals surface area (Å²) in [5.74, 6) is -0.218. The molecule has 4 rings (SSSR count). The van der Waals surface area contributed by atoms with Gasteiger partial charge in [0.15, 0.2) is 5.92 Å². The molecule has 10 heteroatoms. The summed E-state index contributed by atoms with van der Waals surface area (Å²) in [6.07, 6.45) is 3.43. The fraction of sp³-hybridized carbons (Fsp3) is 0.409. The number of esters is 1. The molecule has 0 bridgehead atoms. The Labute approximate surface area is 186 Å². The number of aliphatic imine (C=N–C) groups is 1. The number of nitrogens with one attached hydrogen (secondary N) is 1. The largest absolute Gasteiger partial charge is 0.497 e. The number of carbonyl (C=O) groups is 2. The summed E-state index contributed by atoms with van der Waals surface area (Å²) in [6.45, 7) is 4.55. The Bertz CT molecular complexity index is 974. The van der Waals surface area contributed by atoms with Crippen LogP contribution in [0, 0.1) is 5.92 Å². The number of hydrogen-bond donors (Lipinski definition) is 1. The van der Waals surface area contributed by atoms with Gasteiger partial charge in [0, 0.05) is 38.6 Å². The van der Waals surface area contributed by atoms with Crippen molar-refractivity contribution in [2.45, 2.75) is 13.0 Å². The van der Waals surface area contributed by atoms with E-state index in [0.29, 0.717) is 43.8 Å². The summed E-state index contributed by atoms with van der Waals surface area (Å²) in [4.78, 5) is 43.0. The zero-order valence-corrected chi connectivity index (χ0v) is 18.1. The number of amides is 1. The topological polar surface area (TPSA) is 109 Å². The number of nitrogens with zero attached hydrogens (tertiary/aromatic N) is 5. The molecule has 1 N–H and O–H groups in total. The summed E-state index contributed by atoms with van der Waals surface area (Å²) in [5.41, 5.74) is 0.743. The smallest absolute Gasteiger partial charge is 0.321 e. The number of ether oxygens (including phenoxy) is 2. The lowest BCUT2D eigenvalue weighted by molar-refractivity contribution is -0.153. The van der Waals surface area contributed by atoms with Crippen molar-refractivity contribution < 1.29 is 19.1 Å². The van der Waals surface area contributed by atoms with Gasteiger partial charge in [-0.1, -0.05) is 12.1 Å². The van der Waals surface area contributed by atoms with Crippen LogP contribution in [0.5, 0.6) is 5.75 Å². The zero-order chi connectivity index (χ0) is 22.5. The molecule has 0 spiro atoms. The van der Waals surface area contributed by atoms with Crippen LogP contribution in [0.2, 0.25) is 0 Å². The van der Waals surface area contributed by atoms with Crippen molar-refractivity contribution >= 4 is 23.8 Å². The van der Waals surface area contributed by atoms with Crippen LogP contribution in [0.25, 0.3) is 0 Å². The minimum absolute atomic E-state index is 0.192. The minimum atomic E-state index is -1.05. The quantitative estimate of drug-likeness (QED) is 0.544. The Morgan fingerprint density at radius 3 is 2.38 bits per heavy atom. The number of benzene rings is 1. The van der Waals surface area contributed by atoms with Crippen LogP contribution in [-0.4, -0.2) is 72.6 Å². The van der Waals surface area contributed by atoms with E-state index < -0.39 is 23.8 Å². The van der Waals surface area contributed by atoms with Crippen molar-refractivity contribution in [3.8, 4) is 5.75 Å². The van der Waals surface area contributed by atoms with Crippen molar-refractivity contribution in [1.29, 1.82) is 0 Å².